The molecule has 4 rings (SSSR count). The molecule has 3 saturated carbocycles. The maximum Gasteiger partial charge on any atom is 0.230 e. The van der Waals surface area contributed by atoms with E-state index in [9.17, 15) is 9.59 Å². The van der Waals surface area contributed by atoms with Crippen LogP contribution in [0.25, 0.3) is 0 Å². The van der Waals surface area contributed by atoms with Crippen molar-refractivity contribution in [2.45, 2.75) is 45.1 Å². The number of anilines is 1. The van der Waals surface area contributed by atoms with E-state index in [1.807, 2.05) is 24.3 Å². The lowest BCUT2D eigenvalue weighted by molar-refractivity contribution is -0.139. The van der Waals surface area contributed by atoms with Crippen molar-refractivity contribution in [3.05, 3.63) is 29.8 Å². The molecule has 1 aromatic carbocycles. The fraction of sp³-hybridized carbons (Fsp3) is 0.529. The molecule has 1 amide bonds. The van der Waals surface area contributed by atoms with Gasteiger partial charge in [0.1, 0.15) is 6.29 Å². The van der Waals surface area contributed by atoms with Gasteiger partial charge in [-0.15, -0.1) is 0 Å². The van der Waals surface area contributed by atoms with Crippen LogP contribution in [0.5, 0.6) is 0 Å². The van der Waals surface area contributed by atoms with Gasteiger partial charge >= 0.3 is 0 Å². The zero-order valence-corrected chi connectivity index (χ0v) is 12.2. The van der Waals surface area contributed by atoms with Gasteiger partial charge in [0.25, 0.3) is 0 Å². The van der Waals surface area contributed by atoms with Crippen molar-refractivity contribution in [3.8, 4) is 0 Å². The van der Waals surface area contributed by atoms with Gasteiger partial charge in [0.05, 0.1) is 0 Å². The molecule has 3 N–H and O–H groups in total. The van der Waals surface area contributed by atoms with Gasteiger partial charge in [0, 0.05) is 23.1 Å². The summed E-state index contributed by atoms with van der Waals surface area (Å²) in [5, 5.41) is 3.04. The first-order valence-corrected chi connectivity index (χ1v) is 7.68. The zero-order valence-electron chi connectivity index (χ0n) is 12.2. The Morgan fingerprint density at radius 2 is 1.67 bits per heavy atom. The molecule has 0 aromatic heterocycles. The van der Waals surface area contributed by atoms with Crippen LogP contribution < -0.4 is 11.1 Å². The molecule has 3 aliphatic rings. The Balaban J connectivity index is 1.69. The van der Waals surface area contributed by atoms with Gasteiger partial charge in [-0.25, -0.2) is 0 Å². The molecule has 0 atom stereocenters. The Labute approximate surface area is 125 Å². The van der Waals surface area contributed by atoms with Gasteiger partial charge < -0.3 is 15.8 Å². The molecule has 112 valence electrons. The SMILES string of the molecule is NCc1ccc(NC(=O)C23CCC(C=O)(CC2)CC3)cc1. The summed E-state index contributed by atoms with van der Waals surface area (Å²) in [5.74, 6) is 0.113. The minimum atomic E-state index is -0.267. The molecular formula is C17H22N2O2. The molecule has 0 spiro atoms. The highest BCUT2D eigenvalue weighted by Gasteiger charge is 2.52. The summed E-state index contributed by atoms with van der Waals surface area (Å²) in [7, 11) is 0. The number of hydrogen-bond acceptors (Lipinski definition) is 3. The van der Waals surface area contributed by atoms with Crippen LogP contribution in [0.4, 0.5) is 5.69 Å². The number of carbonyl (C=O) groups excluding carboxylic acids is 2. The third kappa shape index (κ3) is 2.48. The van der Waals surface area contributed by atoms with Crippen molar-refractivity contribution >= 4 is 17.9 Å². The minimum absolute atomic E-state index is 0.113. The van der Waals surface area contributed by atoms with Crippen LogP contribution in [-0.4, -0.2) is 12.2 Å². The quantitative estimate of drug-likeness (QED) is 0.836. The second kappa shape index (κ2) is 5.26. The van der Waals surface area contributed by atoms with Crippen LogP contribution >= 0.6 is 0 Å². The van der Waals surface area contributed by atoms with E-state index in [0.29, 0.717) is 6.54 Å². The van der Waals surface area contributed by atoms with E-state index < -0.39 is 0 Å². The van der Waals surface area contributed by atoms with Gasteiger partial charge in [0.2, 0.25) is 5.91 Å². The number of amides is 1. The first kappa shape index (κ1) is 14.3. The Morgan fingerprint density at radius 3 is 2.14 bits per heavy atom. The molecule has 0 unspecified atom stereocenters. The van der Waals surface area contributed by atoms with Gasteiger partial charge in [-0.05, 0) is 56.2 Å². The summed E-state index contributed by atoms with van der Waals surface area (Å²) in [6.45, 7) is 0.506. The number of hydrogen-bond donors (Lipinski definition) is 2. The second-order valence-corrected chi connectivity index (χ2v) is 6.62. The normalized spacial score (nSPS) is 30.9. The number of fused-ring (bicyclic) bond motifs is 3. The molecule has 3 aliphatic carbocycles. The lowest BCUT2D eigenvalue weighted by Gasteiger charge is -2.49. The molecule has 4 nitrogen and oxygen atoms in total. The third-order valence-corrected chi connectivity index (χ3v) is 5.48. The van der Waals surface area contributed by atoms with Gasteiger partial charge in [0.15, 0.2) is 0 Å². The number of benzene rings is 1. The van der Waals surface area contributed by atoms with Crippen molar-refractivity contribution in [1.82, 2.24) is 0 Å². The van der Waals surface area contributed by atoms with Crippen LogP contribution in [0.3, 0.4) is 0 Å². The zero-order chi connectivity index (χ0) is 14.9. The highest BCUT2D eigenvalue weighted by Crippen LogP contribution is 2.56. The highest BCUT2D eigenvalue weighted by atomic mass is 16.2. The Kier molecular flexibility index (Phi) is 3.57. The summed E-state index contributed by atoms with van der Waals surface area (Å²) in [6, 6.07) is 7.68. The number of rotatable bonds is 4. The number of nitrogens with one attached hydrogen (secondary N) is 1. The van der Waals surface area contributed by atoms with E-state index in [-0.39, 0.29) is 16.7 Å². The standard InChI is InChI=1S/C17H22N2O2/c18-11-13-1-3-14(4-2-13)19-15(21)17-8-5-16(12-20,6-9-17)7-10-17/h1-4,12H,5-11,18H2,(H,19,21). The van der Waals surface area contributed by atoms with Crippen LogP contribution in [0.1, 0.15) is 44.1 Å². The molecular weight excluding hydrogens is 264 g/mol. The summed E-state index contributed by atoms with van der Waals surface area (Å²) < 4.78 is 0. The molecule has 0 aliphatic heterocycles. The summed E-state index contributed by atoms with van der Waals surface area (Å²) in [6.07, 6.45) is 6.19. The largest absolute Gasteiger partial charge is 0.326 e. The van der Waals surface area contributed by atoms with Crippen molar-refractivity contribution in [2.75, 3.05) is 5.32 Å². The first-order valence-electron chi connectivity index (χ1n) is 7.68. The van der Waals surface area contributed by atoms with Crippen molar-refractivity contribution in [2.24, 2.45) is 16.6 Å². The smallest absolute Gasteiger partial charge is 0.230 e. The molecule has 0 heterocycles. The molecule has 3 fully saturated rings. The molecule has 2 bridgehead atoms. The summed E-state index contributed by atoms with van der Waals surface area (Å²) in [5.41, 5.74) is 7.05. The topological polar surface area (TPSA) is 72.2 Å². The summed E-state index contributed by atoms with van der Waals surface area (Å²) in [4.78, 5) is 23.9. The molecule has 1 aromatic rings. The average Bonchev–Trinajstić information content (AvgIpc) is 2.57. The van der Waals surface area contributed by atoms with Crippen LogP contribution in [0.2, 0.25) is 0 Å². The molecule has 4 heteroatoms. The van der Waals surface area contributed by atoms with E-state index in [1.54, 1.807) is 0 Å². The van der Waals surface area contributed by atoms with Crippen molar-refractivity contribution < 1.29 is 9.59 Å². The van der Waals surface area contributed by atoms with Gasteiger partial charge in [-0.2, -0.15) is 0 Å². The number of aldehydes is 1. The Morgan fingerprint density at radius 1 is 1.10 bits per heavy atom. The average molecular weight is 286 g/mol. The van der Waals surface area contributed by atoms with Crippen LogP contribution in [-0.2, 0) is 16.1 Å². The highest BCUT2D eigenvalue weighted by molar-refractivity contribution is 5.95. The van der Waals surface area contributed by atoms with E-state index in [2.05, 4.69) is 5.32 Å². The van der Waals surface area contributed by atoms with E-state index >= 15 is 0 Å². The maximum absolute atomic E-state index is 12.7. The maximum atomic E-state index is 12.7. The van der Waals surface area contributed by atoms with Crippen LogP contribution in [0.15, 0.2) is 24.3 Å². The van der Waals surface area contributed by atoms with Gasteiger partial charge in [-0.1, -0.05) is 12.1 Å². The number of carbonyl (C=O) groups is 2. The van der Waals surface area contributed by atoms with Crippen molar-refractivity contribution in [1.29, 1.82) is 0 Å². The Bertz CT molecular complexity index is 526. The fourth-order valence-electron chi connectivity index (χ4n) is 3.72. The number of nitrogens with two attached hydrogens (primary N) is 1. The predicted octanol–water partition coefficient (Wildman–Crippen LogP) is 2.62. The van der Waals surface area contributed by atoms with Crippen molar-refractivity contribution in [3.63, 3.8) is 0 Å². The fourth-order valence-corrected chi connectivity index (χ4v) is 3.72. The molecule has 0 radical (unpaired) electrons. The van der Waals surface area contributed by atoms with E-state index in [1.165, 1.54) is 0 Å². The Hall–Kier alpha value is -1.68. The monoisotopic (exact) mass is 286 g/mol. The van der Waals surface area contributed by atoms with Gasteiger partial charge in [-0.3, -0.25) is 4.79 Å². The lowest BCUT2D eigenvalue weighted by atomic mass is 9.54. The van der Waals surface area contributed by atoms with Crippen LogP contribution in [0, 0.1) is 10.8 Å². The minimum Gasteiger partial charge on any atom is -0.326 e. The van der Waals surface area contributed by atoms with E-state index in [4.69, 9.17) is 5.73 Å². The predicted molar refractivity (Wildman–Crippen MR) is 81.6 cm³/mol. The summed E-state index contributed by atoms with van der Waals surface area (Å²) >= 11 is 0. The molecule has 0 saturated heterocycles. The van der Waals surface area contributed by atoms with E-state index in [0.717, 1.165) is 56.1 Å². The second-order valence-electron chi connectivity index (χ2n) is 6.62. The third-order valence-electron chi connectivity index (χ3n) is 5.48. The first-order chi connectivity index (χ1) is 10.1. The molecule has 21 heavy (non-hydrogen) atoms. The lowest BCUT2D eigenvalue weighted by Crippen LogP contribution is -2.48.